The van der Waals surface area contributed by atoms with Crippen molar-refractivity contribution in [3.8, 4) is 0 Å². The number of carbonyl (C=O) groups is 3. The molecule has 2 amide bonds. The van der Waals surface area contributed by atoms with Gasteiger partial charge < -0.3 is 15.5 Å². The lowest BCUT2D eigenvalue weighted by molar-refractivity contribution is -0.145. The number of rotatable bonds is 5. The van der Waals surface area contributed by atoms with Gasteiger partial charge in [0.25, 0.3) is 0 Å². The molecule has 1 aliphatic rings. The molecule has 0 saturated carbocycles. The average Bonchev–Trinajstić information content (AvgIpc) is 2.28. The van der Waals surface area contributed by atoms with E-state index in [9.17, 15) is 14.4 Å². The van der Waals surface area contributed by atoms with Crippen molar-refractivity contribution in [1.29, 1.82) is 0 Å². The van der Waals surface area contributed by atoms with Gasteiger partial charge in [0.1, 0.15) is 6.04 Å². The molecule has 4 N–H and O–H groups in total. The maximum Gasteiger partial charge on any atom is 0.330 e. The second-order valence-corrected chi connectivity index (χ2v) is 4.12. The standard InChI is InChI=1S/C10H17N3O5/c14-8(15)6-7(9(16)17)11-10(18)12-13-4-2-1-3-5-13/h7H,1-6H2,(H,14,15)(H,16,17)(H2,11,12,18). The lowest BCUT2D eigenvalue weighted by Crippen LogP contribution is -2.53. The van der Waals surface area contributed by atoms with Crippen LogP contribution >= 0.6 is 0 Å². The highest BCUT2D eigenvalue weighted by Crippen LogP contribution is 2.05. The van der Waals surface area contributed by atoms with E-state index in [1.165, 1.54) is 0 Å². The van der Waals surface area contributed by atoms with E-state index in [1.54, 1.807) is 5.01 Å². The Morgan fingerprint density at radius 2 is 1.72 bits per heavy atom. The van der Waals surface area contributed by atoms with E-state index in [2.05, 4.69) is 10.7 Å². The Bertz CT molecular complexity index is 327. The number of hydrogen-bond donors (Lipinski definition) is 4. The number of carboxylic acids is 2. The Hall–Kier alpha value is -1.83. The smallest absolute Gasteiger partial charge is 0.330 e. The minimum absolute atomic E-state index is 0.650. The minimum atomic E-state index is -1.42. The van der Waals surface area contributed by atoms with Crippen LogP contribution in [0.3, 0.4) is 0 Å². The highest BCUT2D eigenvalue weighted by atomic mass is 16.4. The van der Waals surface area contributed by atoms with Gasteiger partial charge in [-0.15, -0.1) is 0 Å². The molecule has 0 radical (unpaired) electrons. The summed E-state index contributed by atoms with van der Waals surface area (Å²) in [5, 5.41) is 21.1. The Labute approximate surface area is 104 Å². The van der Waals surface area contributed by atoms with Gasteiger partial charge in [0.05, 0.1) is 6.42 Å². The third-order valence-corrected chi connectivity index (χ3v) is 2.60. The highest BCUT2D eigenvalue weighted by molar-refractivity contribution is 5.85. The molecule has 0 aromatic heterocycles. The summed E-state index contributed by atoms with van der Waals surface area (Å²) in [6.45, 7) is 1.42. The summed E-state index contributed by atoms with van der Waals surface area (Å²) in [7, 11) is 0. The van der Waals surface area contributed by atoms with E-state index in [-0.39, 0.29) is 0 Å². The quantitative estimate of drug-likeness (QED) is 0.534. The lowest BCUT2D eigenvalue weighted by Gasteiger charge is -2.27. The highest BCUT2D eigenvalue weighted by Gasteiger charge is 2.23. The van der Waals surface area contributed by atoms with Crippen LogP contribution in [0.15, 0.2) is 0 Å². The van der Waals surface area contributed by atoms with Gasteiger partial charge in [-0.05, 0) is 12.8 Å². The van der Waals surface area contributed by atoms with Crippen LogP contribution in [-0.2, 0) is 9.59 Å². The molecule has 1 unspecified atom stereocenters. The summed E-state index contributed by atoms with van der Waals surface area (Å²) < 4.78 is 0. The van der Waals surface area contributed by atoms with Crippen LogP contribution in [0.4, 0.5) is 4.79 Å². The summed E-state index contributed by atoms with van der Waals surface area (Å²) in [6.07, 6.45) is 2.40. The minimum Gasteiger partial charge on any atom is -0.481 e. The number of hydrazine groups is 1. The normalized spacial score (nSPS) is 17.8. The van der Waals surface area contributed by atoms with Gasteiger partial charge in [-0.3, -0.25) is 10.2 Å². The Balaban J connectivity index is 2.40. The summed E-state index contributed by atoms with van der Waals surface area (Å²) in [5.74, 6) is -2.65. The van der Waals surface area contributed by atoms with Crippen LogP contribution in [0.25, 0.3) is 0 Å². The molecule has 1 fully saturated rings. The molecule has 1 atom stereocenters. The third kappa shape index (κ3) is 5.00. The SMILES string of the molecule is O=C(O)CC(NC(=O)NN1CCCCC1)C(=O)O. The fourth-order valence-electron chi connectivity index (χ4n) is 1.71. The monoisotopic (exact) mass is 259 g/mol. The fourth-order valence-corrected chi connectivity index (χ4v) is 1.71. The maximum atomic E-state index is 11.5. The molecule has 8 nitrogen and oxygen atoms in total. The second kappa shape index (κ2) is 6.80. The molecule has 0 aliphatic carbocycles. The number of nitrogens with one attached hydrogen (secondary N) is 2. The van der Waals surface area contributed by atoms with E-state index < -0.39 is 30.4 Å². The number of carboxylic acid groups (broad SMARTS) is 2. The van der Waals surface area contributed by atoms with Gasteiger partial charge in [0, 0.05) is 13.1 Å². The molecule has 0 bridgehead atoms. The van der Waals surface area contributed by atoms with Gasteiger partial charge in [-0.1, -0.05) is 6.42 Å². The zero-order valence-electron chi connectivity index (χ0n) is 9.89. The zero-order chi connectivity index (χ0) is 13.5. The van der Waals surface area contributed by atoms with Crippen LogP contribution in [0.1, 0.15) is 25.7 Å². The number of urea groups is 1. The number of carbonyl (C=O) groups excluding carboxylic acids is 1. The summed E-state index contributed by atoms with van der Waals surface area (Å²) in [4.78, 5) is 32.7. The van der Waals surface area contributed by atoms with Gasteiger partial charge in [-0.25, -0.2) is 14.6 Å². The third-order valence-electron chi connectivity index (χ3n) is 2.60. The van der Waals surface area contributed by atoms with Crippen molar-refractivity contribution in [3.05, 3.63) is 0 Å². The molecule has 102 valence electrons. The maximum absolute atomic E-state index is 11.5. The van der Waals surface area contributed by atoms with Crippen molar-refractivity contribution < 1.29 is 24.6 Å². The van der Waals surface area contributed by atoms with Gasteiger partial charge in [0.15, 0.2) is 0 Å². The predicted molar refractivity (Wildman–Crippen MR) is 60.8 cm³/mol. The van der Waals surface area contributed by atoms with Gasteiger partial charge in [-0.2, -0.15) is 0 Å². The van der Waals surface area contributed by atoms with Crippen molar-refractivity contribution >= 4 is 18.0 Å². The summed E-state index contributed by atoms with van der Waals surface area (Å²) in [5.41, 5.74) is 2.50. The first kappa shape index (κ1) is 14.2. The Kier molecular flexibility index (Phi) is 5.37. The number of aliphatic carboxylic acids is 2. The number of amides is 2. The second-order valence-electron chi connectivity index (χ2n) is 4.12. The number of piperidine rings is 1. The largest absolute Gasteiger partial charge is 0.481 e. The van der Waals surface area contributed by atoms with E-state index in [0.717, 1.165) is 19.3 Å². The Morgan fingerprint density at radius 3 is 2.22 bits per heavy atom. The van der Waals surface area contributed by atoms with Crippen LogP contribution in [0.5, 0.6) is 0 Å². The molecule has 1 saturated heterocycles. The molecule has 18 heavy (non-hydrogen) atoms. The van der Waals surface area contributed by atoms with Crippen molar-refractivity contribution in [1.82, 2.24) is 15.8 Å². The van der Waals surface area contributed by atoms with Gasteiger partial charge in [0.2, 0.25) is 0 Å². The molecule has 0 aromatic carbocycles. The van der Waals surface area contributed by atoms with Crippen molar-refractivity contribution in [3.63, 3.8) is 0 Å². The molecule has 1 rings (SSSR count). The molecule has 0 aromatic rings. The van der Waals surface area contributed by atoms with Gasteiger partial charge >= 0.3 is 18.0 Å². The van der Waals surface area contributed by atoms with Crippen LogP contribution in [0.2, 0.25) is 0 Å². The summed E-state index contributed by atoms with van der Waals surface area (Å²) >= 11 is 0. The predicted octanol–water partition coefficient (Wildman–Crippen LogP) is -0.386. The summed E-state index contributed by atoms with van der Waals surface area (Å²) in [6, 6.07) is -2.11. The molecule has 8 heteroatoms. The number of nitrogens with zero attached hydrogens (tertiary/aromatic N) is 1. The molecule has 1 aliphatic heterocycles. The van der Waals surface area contributed by atoms with Crippen LogP contribution in [0, 0.1) is 0 Å². The van der Waals surface area contributed by atoms with Crippen molar-refractivity contribution in [2.24, 2.45) is 0 Å². The van der Waals surface area contributed by atoms with Crippen LogP contribution < -0.4 is 10.7 Å². The van der Waals surface area contributed by atoms with E-state index in [4.69, 9.17) is 10.2 Å². The first-order chi connectivity index (χ1) is 8.49. The molecular formula is C10H17N3O5. The molecular weight excluding hydrogens is 242 g/mol. The first-order valence-electron chi connectivity index (χ1n) is 5.75. The van der Waals surface area contributed by atoms with E-state index >= 15 is 0 Å². The number of hydrogen-bond acceptors (Lipinski definition) is 4. The van der Waals surface area contributed by atoms with E-state index in [0.29, 0.717) is 13.1 Å². The van der Waals surface area contributed by atoms with Crippen molar-refractivity contribution in [2.45, 2.75) is 31.7 Å². The zero-order valence-corrected chi connectivity index (χ0v) is 9.89. The first-order valence-corrected chi connectivity index (χ1v) is 5.75. The average molecular weight is 259 g/mol. The van der Waals surface area contributed by atoms with E-state index in [1.807, 2.05) is 0 Å². The Morgan fingerprint density at radius 1 is 1.11 bits per heavy atom. The van der Waals surface area contributed by atoms with Crippen LogP contribution in [-0.4, -0.2) is 52.3 Å². The fraction of sp³-hybridized carbons (Fsp3) is 0.700. The molecule has 0 spiro atoms. The molecule has 1 heterocycles. The lowest BCUT2D eigenvalue weighted by atomic mass is 10.2. The van der Waals surface area contributed by atoms with Crippen molar-refractivity contribution in [2.75, 3.05) is 13.1 Å². The topological polar surface area (TPSA) is 119 Å².